The van der Waals surface area contributed by atoms with Gasteiger partial charge in [0.25, 0.3) is 0 Å². The zero-order chi connectivity index (χ0) is 15.8. The Bertz CT molecular complexity index is 423. The lowest BCUT2D eigenvalue weighted by molar-refractivity contribution is 0.552. The van der Waals surface area contributed by atoms with Crippen LogP contribution in [-0.2, 0) is 6.54 Å². The molecule has 0 bridgehead atoms. The van der Waals surface area contributed by atoms with Gasteiger partial charge in [-0.15, -0.1) is 0 Å². The van der Waals surface area contributed by atoms with Crippen LogP contribution in [0.5, 0.6) is 0 Å². The first kappa shape index (κ1) is 18.9. The zero-order valence-electron chi connectivity index (χ0n) is 13.9. The van der Waals surface area contributed by atoms with Gasteiger partial charge in [0.1, 0.15) is 0 Å². The molecule has 0 aliphatic carbocycles. The summed E-state index contributed by atoms with van der Waals surface area (Å²) in [7, 11) is 2.18. The number of nitrogens with zero attached hydrogens (tertiary/aromatic N) is 1. The van der Waals surface area contributed by atoms with E-state index in [1.165, 1.54) is 27.9 Å². The maximum atomic E-state index is 3.73. The van der Waals surface area contributed by atoms with E-state index in [4.69, 9.17) is 0 Å². The first-order valence-corrected chi connectivity index (χ1v) is 9.85. The molecule has 0 amide bonds. The van der Waals surface area contributed by atoms with Crippen LogP contribution in [0.3, 0.4) is 0 Å². The van der Waals surface area contributed by atoms with E-state index in [1.807, 2.05) is 11.8 Å². The molecule has 0 spiro atoms. The number of hydrogen-bond donors (Lipinski definition) is 1. The fourth-order valence-electron chi connectivity index (χ4n) is 2.17. The average Bonchev–Trinajstić information content (AvgIpc) is 2.43. The fraction of sp³-hybridized carbons (Fsp3) is 0.647. The van der Waals surface area contributed by atoms with Crippen molar-refractivity contribution >= 4 is 33.4 Å². The standard InChI is InChI=1S/C17H29BrN2S/c1-13(2)11-19-12-15-6-7-17(16(18)10-15)20(4)14(3)8-9-21-5/h6-7,10,13-14,19H,8-9,11-12H2,1-5H3. The van der Waals surface area contributed by atoms with Gasteiger partial charge in [0, 0.05) is 24.1 Å². The molecule has 0 radical (unpaired) electrons. The summed E-state index contributed by atoms with van der Waals surface area (Å²) in [6.45, 7) is 8.75. The Balaban J connectivity index is 2.64. The maximum Gasteiger partial charge on any atom is 0.0510 e. The molecule has 0 saturated carbocycles. The Morgan fingerprint density at radius 3 is 2.57 bits per heavy atom. The minimum atomic E-state index is 0.554. The van der Waals surface area contributed by atoms with E-state index in [9.17, 15) is 0 Å². The highest BCUT2D eigenvalue weighted by molar-refractivity contribution is 9.10. The lowest BCUT2D eigenvalue weighted by Gasteiger charge is -2.28. The lowest BCUT2D eigenvalue weighted by Crippen LogP contribution is -2.29. The van der Waals surface area contributed by atoms with E-state index in [0.29, 0.717) is 12.0 Å². The molecule has 1 unspecified atom stereocenters. The molecular weight excluding hydrogens is 344 g/mol. The molecule has 4 heteroatoms. The van der Waals surface area contributed by atoms with Crippen molar-refractivity contribution in [2.24, 2.45) is 5.92 Å². The van der Waals surface area contributed by atoms with Gasteiger partial charge in [-0.25, -0.2) is 0 Å². The van der Waals surface area contributed by atoms with Gasteiger partial charge >= 0.3 is 0 Å². The molecule has 1 aromatic rings. The van der Waals surface area contributed by atoms with Crippen molar-refractivity contribution in [2.45, 2.75) is 39.8 Å². The van der Waals surface area contributed by atoms with Crippen LogP contribution in [0.15, 0.2) is 22.7 Å². The summed E-state index contributed by atoms with van der Waals surface area (Å²) in [6, 6.07) is 7.25. The summed E-state index contributed by atoms with van der Waals surface area (Å²) < 4.78 is 1.19. The summed E-state index contributed by atoms with van der Waals surface area (Å²) >= 11 is 5.64. The van der Waals surface area contributed by atoms with E-state index < -0.39 is 0 Å². The first-order chi connectivity index (χ1) is 9.95. The van der Waals surface area contributed by atoms with Crippen molar-refractivity contribution < 1.29 is 0 Å². The zero-order valence-corrected chi connectivity index (χ0v) is 16.4. The van der Waals surface area contributed by atoms with Crippen LogP contribution in [0.4, 0.5) is 5.69 Å². The van der Waals surface area contributed by atoms with Crippen molar-refractivity contribution in [3.05, 3.63) is 28.2 Å². The van der Waals surface area contributed by atoms with Gasteiger partial charge in [0.2, 0.25) is 0 Å². The molecule has 0 heterocycles. The lowest BCUT2D eigenvalue weighted by atomic mass is 10.1. The van der Waals surface area contributed by atoms with Crippen molar-refractivity contribution in [3.8, 4) is 0 Å². The molecule has 0 aliphatic heterocycles. The van der Waals surface area contributed by atoms with E-state index in [2.05, 4.69) is 78.4 Å². The number of rotatable bonds is 9. The van der Waals surface area contributed by atoms with E-state index in [0.717, 1.165) is 13.1 Å². The molecule has 0 saturated heterocycles. The summed E-state index contributed by atoms with van der Waals surface area (Å²) in [4.78, 5) is 2.37. The number of anilines is 1. The predicted octanol–water partition coefficient (Wildman–Crippen LogP) is 4.77. The van der Waals surface area contributed by atoms with E-state index in [-0.39, 0.29) is 0 Å². The Kier molecular flexibility index (Phi) is 8.76. The average molecular weight is 373 g/mol. The molecule has 1 aromatic carbocycles. The smallest absolute Gasteiger partial charge is 0.0510 e. The van der Waals surface area contributed by atoms with Crippen LogP contribution >= 0.6 is 27.7 Å². The second-order valence-electron chi connectivity index (χ2n) is 6.05. The monoisotopic (exact) mass is 372 g/mol. The molecular formula is C17H29BrN2S. The molecule has 0 aromatic heterocycles. The number of thioether (sulfide) groups is 1. The predicted molar refractivity (Wildman–Crippen MR) is 102 cm³/mol. The van der Waals surface area contributed by atoms with Gasteiger partial charge in [-0.2, -0.15) is 11.8 Å². The van der Waals surface area contributed by atoms with Crippen LogP contribution in [0.25, 0.3) is 0 Å². The quantitative estimate of drug-likeness (QED) is 0.671. The van der Waals surface area contributed by atoms with Gasteiger partial charge in [-0.05, 0) is 71.4 Å². The number of benzene rings is 1. The van der Waals surface area contributed by atoms with E-state index in [1.54, 1.807) is 0 Å². The molecule has 1 rings (SSSR count). The normalized spacial score (nSPS) is 12.7. The first-order valence-electron chi connectivity index (χ1n) is 7.66. The summed E-state index contributed by atoms with van der Waals surface area (Å²) in [5.41, 5.74) is 2.60. The van der Waals surface area contributed by atoms with Gasteiger partial charge in [0.15, 0.2) is 0 Å². The van der Waals surface area contributed by atoms with Crippen LogP contribution in [0.2, 0.25) is 0 Å². The van der Waals surface area contributed by atoms with Crippen molar-refractivity contribution in [3.63, 3.8) is 0 Å². The largest absolute Gasteiger partial charge is 0.371 e. The number of nitrogens with one attached hydrogen (secondary N) is 1. The van der Waals surface area contributed by atoms with Crippen molar-refractivity contribution in [2.75, 3.05) is 30.5 Å². The molecule has 2 nitrogen and oxygen atoms in total. The molecule has 120 valence electrons. The minimum absolute atomic E-state index is 0.554. The highest BCUT2D eigenvalue weighted by Crippen LogP contribution is 2.28. The van der Waals surface area contributed by atoms with Crippen molar-refractivity contribution in [1.82, 2.24) is 5.32 Å². The minimum Gasteiger partial charge on any atom is -0.371 e. The Morgan fingerprint density at radius 2 is 2.00 bits per heavy atom. The van der Waals surface area contributed by atoms with Crippen LogP contribution < -0.4 is 10.2 Å². The number of hydrogen-bond acceptors (Lipinski definition) is 3. The van der Waals surface area contributed by atoms with Gasteiger partial charge in [-0.1, -0.05) is 19.9 Å². The number of halogens is 1. The van der Waals surface area contributed by atoms with Gasteiger partial charge in [0.05, 0.1) is 5.69 Å². The third-order valence-electron chi connectivity index (χ3n) is 3.67. The third-order valence-corrected chi connectivity index (χ3v) is 4.95. The van der Waals surface area contributed by atoms with Crippen molar-refractivity contribution in [1.29, 1.82) is 0 Å². The SMILES string of the molecule is CSCCC(C)N(C)c1ccc(CNCC(C)C)cc1Br. The van der Waals surface area contributed by atoms with Crippen LogP contribution in [0.1, 0.15) is 32.8 Å². The molecule has 1 N–H and O–H groups in total. The van der Waals surface area contributed by atoms with Gasteiger partial charge < -0.3 is 10.2 Å². The summed E-state index contributed by atoms with van der Waals surface area (Å²) in [6.07, 6.45) is 3.38. The Morgan fingerprint density at radius 1 is 1.29 bits per heavy atom. The van der Waals surface area contributed by atoms with Gasteiger partial charge in [-0.3, -0.25) is 0 Å². The third kappa shape index (κ3) is 6.62. The molecule has 0 fully saturated rings. The highest BCUT2D eigenvalue weighted by Gasteiger charge is 2.12. The maximum absolute atomic E-state index is 3.73. The second-order valence-corrected chi connectivity index (χ2v) is 7.89. The van der Waals surface area contributed by atoms with Crippen LogP contribution in [-0.4, -0.2) is 31.6 Å². The second kappa shape index (κ2) is 9.75. The summed E-state index contributed by atoms with van der Waals surface area (Å²) in [5, 5.41) is 3.49. The Labute approximate surface area is 143 Å². The van der Waals surface area contributed by atoms with E-state index >= 15 is 0 Å². The molecule has 0 aliphatic rings. The molecule has 21 heavy (non-hydrogen) atoms. The molecule has 1 atom stereocenters. The highest BCUT2D eigenvalue weighted by atomic mass is 79.9. The van der Waals surface area contributed by atoms with Crippen LogP contribution in [0, 0.1) is 5.92 Å². The summed E-state index contributed by atoms with van der Waals surface area (Å²) in [5.74, 6) is 1.90. The topological polar surface area (TPSA) is 15.3 Å². The fourth-order valence-corrected chi connectivity index (χ4v) is 3.45. The Hall–Kier alpha value is -0.190.